The lowest BCUT2D eigenvalue weighted by molar-refractivity contribution is 0.292. The van der Waals surface area contributed by atoms with Gasteiger partial charge in [-0.15, -0.1) is 0 Å². The lowest BCUT2D eigenvalue weighted by atomic mass is 9.83. The van der Waals surface area contributed by atoms with Crippen molar-refractivity contribution in [2.45, 2.75) is 32.6 Å². The Morgan fingerprint density at radius 1 is 1.44 bits per heavy atom. The van der Waals surface area contributed by atoms with Gasteiger partial charge < -0.3 is 0 Å². The van der Waals surface area contributed by atoms with Crippen LogP contribution in [0.5, 0.6) is 0 Å². The molecule has 0 aliphatic heterocycles. The van der Waals surface area contributed by atoms with Crippen LogP contribution in [0, 0.1) is 5.92 Å². The molecular formula is C8H16N. The zero-order chi connectivity index (χ0) is 6.53. The Labute approximate surface area is 57.8 Å². The molecule has 53 valence electrons. The lowest BCUT2D eigenvalue weighted by Crippen LogP contribution is -2.16. The summed E-state index contributed by atoms with van der Waals surface area (Å²) in [5.41, 5.74) is 0. The van der Waals surface area contributed by atoms with E-state index in [0.717, 1.165) is 19.0 Å². The molecule has 1 fully saturated rings. The first-order chi connectivity index (χ1) is 4.43. The molecule has 0 atom stereocenters. The first kappa shape index (κ1) is 7.07. The van der Waals surface area contributed by atoms with Crippen LogP contribution >= 0.6 is 0 Å². The van der Waals surface area contributed by atoms with Gasteiger partial charge in [0.1, 0.15) is 0 Å². The van der Waals surface area contributed by atoms with Gasteiger partial charge in [0.05, 0.1) is 0 Å². The van der Waals surface area contributed by atoms with E-state index in [4.69, 9.17) is 0 Å². The van der Waals surface area contributed by atoms with Crippen LogP contribution in [-0.4, -0.2) is 13.1 Å². The predicted octanol–water partition coefficient (Wildman–Crippen LogP) is 1.80. The molecule has 0 bridgehead atoms. The standard InChI is InChI=1S/C8H16N/c1-2-9-7-6-8-4-3-5-8/h8H,2-7H2,1H3. The Kier molecular flexibility index (Phi) is 3.05. The second kappa shape index (κ2) is 3.89. The second-order valence-corrected chi connectivity index (χ2v) is 2.85. The molecule has 0 aromatic carbocycles. The highest BCUT2D eigenvalue weighted by atomic mass is 14.8. The highest BCUT2D eigenvalue weighted by Gasteiger charge is 2.15. The molecule has 0 unspecified atom stereocenters. The molecule has 1 rings (SSSR count). The number of rotatable bonds is 4. The summed E-state index contributed by atoms with van der Waals surface area (Å²) >= 11 is 0. The van der Waals surface area contributed by atoms with Crippen LogP contribution in [0.3, 0.4) is 0 Å². The van der Waals surface area contributed by atoms with Crippen LogP contribution in [0.1, 0.15) is 32.6 Å². The van der Waals surface area contributed by atoms with Crippen molar-refractivity contribution in [1.82, 2.24) is 5.32 Å². The third-order valence-corrected chi connectivity index (χ3v) is 2.14. The fourth-order valence-corrected chi connectivity index (χ4v) is 1.21. The van der Waals surface area contributed by atoms with Gasteiger partial charge in [0.2, 0.25) is 0 Å². The predicted molar refractivity (Wildman–Crippen MR) is 39.5 cm³/mol. The molecular weight excluding hydrogens is 110 g/mol. The van der Waals surface area contributed by atoms with E-state index in [9.17, 15) is 0 Å². The fourth-order valence-electron chi connectivity index (χ4n) is 1.21. The van der Waals surface area contributed by atoms with Gasteiger partial charge in [-0.25, -0.2) is 5.32 Å². The molecule has 1 aliphatic rings. The smallest absolute Gasteiger partial charge is 0.0135 e. The van der Waals surface area contributed by atoms with E-state index in [1.54, 1.807) is 0 Å². The monoisotopic (exact) mass is 126 g/mol. The molecule has 1 radical (unpaired) electrons. The average Bonchev–Trinajstić information content (AvgIpc) is 1.76. The molecule has 0 saturated heterocycles. The van der Waals surface area contributed by atoms with Crippen LogP contribution in [0.4, 0.5) is 0 Å². The lowest BCUT2D eigenvalue weighted by Gasteiger charge is -2.24. The van der Waals surface area contributed by atoms with Crippen molar-refractivity contribution in [3.05, 3.63) is 0 Å². The second-order valence-electron chi connectivity index (χ2n) is 2.85. The van der Waals surface area contributed by atoms with E-state index in [1.807, 2.05) is 0 Å². The van der Waals surface area contributed by atoms with Gasteiger partial charge in [-0.2, -0.15) is 0 Å². The third kappa shape index (κ3) is 2.35. The zero-order valence-corrected chi connectivity index (χ0v) is 6.27. The van der Waals surface area contributed by atoms with E-state index in [1.165, 1.54) is 25.7 Å². The fraction of sp³-hybridized carbons (Fsp3) is 1.00. The van der Waals surface area contributed by atoms with E-state index >= 15 is 0 Å². The number of hydrogen-bond donors (Lipinski definition) is 0. The summed E-state index contributed by atoms with van der Waals surface area (Å²) in [6.45, 7) is 4.23. The van der Waals surface area contributed by atoms with E-state index in [0.29, 0.717) is 0 Å². The largest absolute Gasteiger partial charge is 0.242 e. The van der Waals surface area contributed by atoms with Crippen LogP contribution in [0.2, 0.25) is 0 Å². The third-order valence-electron chi connectivity index (χ3n) is 2.14. The quantitative estimate of drug-likeness (QED) is 0.510. The summed E-state index contributed by atoms with van der Waals surface area (Å²) in [7, 11) is 0. The van der Waals surface area contributed by atoms with E-state index in [2.05, 4.69) is 12.2 Å². The number of nitrogens with zero attached hydrogens (tertiary/aromatic N) is 1. The Hall–Kier alpha value is -0.0400. The van der Waals surface area contributed by atoms with Crippen LogP contribution < -0.4 is 5.32 Å². The minimum absolute atomic E-state index is 1.01. The summed E-state index contributed by atoms with van der Waals surface area (Å²) in [6, 6.07) is 0. The van der Waals surface area contributed by atoms with Crippen LogP contribution in [0.15, 0.2) is 0 Å². The molecule has 1 heteroatoms. The molecule has 1 saturated carbocycles. The summed E-state index contributed by atoms with van der Waals surface area (Å²) in [6.07, 6.45) is 5.77. The first-order valence-corrected chi connectivity index (χ1v) is 4.06. The maximum absolute atomic E-state index is 4.29. The summed E-state index contributed by atoms with van der Waals surface area (Å²) in [5, 5.41) is 4.29. The normalized spacial score (nSPS) is 19.7. The molecule has 0 aromatic rings. The Morgan fingerprint density at radius 2 is 2.22 bits per heavy atom. The van der Waals surface area contributed by atoms with Gasteiger partial charge >= 0.3 is 0 Å². The Morgan fingerprint density at radius 3 is 2.67 bits per heavy atom. The van der Waals surface area contributed by atoms with E-state index in [-0.39, 0.29) is 0 Å². The van der Waals surface area contributed by atoms with E-state index < -0.39 is 0 Å². The molecule has 1 nitrogen and oxygen atoms in total. The highest BCUT2D eigenvalue weighted by molar-refractivity contribution is 4.69. The first-order valence-electron chi connectivity index (χ1n) is 4.06. The van der Waals surface area contributed by atoms with Crippen molar-refractivity contribution in [2.75, 3.05) is 13.1 Å². The summed E-state index contributed by atoms with van der Waals surface area (Å²) in [4.78, 5) is 0. The SMILES string of the molecule is CC[N]CCC1CCC1. The molecule has 0 spiro atoms. The van der Waals surface area contributed by atoms with Gasteiger partial charge in [-0.1, -0.05) is 26.2 Å². The molecule has 0 aromatic heterocycles. The van der Waals surface area contributed by atoms with Crippen LogP contribution in [0.25, 0.3) is 0 Å². The molecule has 9 heavy (non-hydrogen) atoms. The van der Waals surface area contributed by atoms with Gasteiger partial charge in [-0.05, 0) is 12.3 Å². The topological polar surface area (TPSA) is 14.1 Å². The van der Waals surface area contributed by atoms with Crippen molar-refractivity contribution in [3.63, 3.8) is 0 Å². The summed E-state index contributed by atoms with van der Waals surface area (Å²) in [5.74, 6) is 1.04. The van der Waals surface area contributed by atoms with Gasteiger partial charge in [0.25, 0.3) is 0 Å². The van der Waals surface area contributed by atoms with Crippen molar-refractivity contribution in [1.29, 1.82) is 0 Å². The number of hydrogen-bond acceptors (Lipinski definition) is 0. The van der Waals surface area contributed by atoms with Crippen molar-refractivity contribution in [2.24, 2.45) is 5.92 Å². The molecule has 1 aliphatic carbocycles. The maximum atomic E-state index is 4.29. The molecule has 0 N–H and O–H groups in total. The minimum Gasteiger partial charge on any atom is -0.242 e. The Bertz CT molecular complexity index is 67.0. The van der Waals surface area contributed by atoms with Crippen molar-refractivity contribution >= 4 is 0 Å². The average molecular weight is 126 g/mol. The molecule has 0 heterocycles. The van der Waals surface area contributed by atoms with Crippen molar-refractivity contribution in [3.8, 4) is 0 Å². The Balaban J connectivity index is 1.80. The van der Waals surface area contributed by atoms with Gasteiger partial charge in [0.15, 0.2) is 0 Å². The van der Waals surface area contributed by atoms with Gasteiger partial charge in [-0.3, -0.25) is 0 Å². The van der Waals surface area contributed by atoms with Crippen LogP contribution in [-0.2, 0) is 0 Å². The zero-order valence-electron chi connectivity index (χ0n) is 6.27. The molecule has 0 amide bonds. The van der Waals surface area contributed by atoms with Crippen molar-refractivity contribution < 1.29 is 0 Å². The minimum atomic E-state index is 1.01. The maximum Gasteiger partial charge on any atom is 0.0135 e. The highest BCUT2D eigenvalue weighted by Crippen LogP contribution is 2.28. The van der Waals surface area contributed by atoms with Gasteiger partial charge in [0, 0.05) is 13.1 Å². The summed E-state index contributed by atoms with van der Waals surface area (Å²) < 4.78 is 0.